The summed E-state index contributed by atoms with van der Waals surface area (Å²) in [4.78, 5) is 10.6. The highest BCUT2D eigenvalue weighted by molar-refractivity contribution is 5.72. The SMILES string of the molecule is C=C(C)c1ccc(C#CCCNC(C)=O)cc1. The third kappa shape index (κ3) is 5.03. The molecule has 0 aliphatic carbocycles. The topological polar surface area (TPSA) is 29.1 Å². The van der Waals surface area contributed by atoms with Gasteiger partial charge in [-0.2, -0.15) is 0 Å². The minimum Gasteiger partial charge on any atom is -0.355 e. The second-order valence-corrected chi connectivity index (χ2v) is 3.89. The molecule has 1 N–H and O–H groups in total. The highest BCUT2D eigenvalue weighted by Gasteiger charge is 1.92. The van der Waals surface area contributed by atoms with Gasteiger partial charge >= 0.3 is 0 Å². The van der Waals surface area contributed by atoms with Gasteiger partial charge in [0.2, 0.25) is 5.91 Å². The van der Waals surface area contributed by atoms with Crippen molar-refractivity contribution >= 4 is 11.5 Å². The Kier molecular flexibility index (Phi) is 5.03. The maximum absolute atomic E-state index is 10.6. The van der Waals surface area contributed by atoms with Crippen LogP contribution in [0.15, 0.2) is 30.8 Å². The van der Waals surface area contributed by atoms with Gasteiger partial charge in [0, 0.05) is 25.5 Å². The molecular weight excluding hydrogens is 210 g/mol. The first-order valence-corrected chi connectivity index (χ1v) is 5.59. The van der Waals surface area contributed by atoms with E-state index in [1.54, 1.807) is 0 Å². The summed E-state index contributed by atoms with van der Waals surface area (Å²) in [7, 11) is 0. The van der Waals surface area contributed by atoms with E-state index in [-0.39, 0.29) is 5.91 Å². The number of hydrogen-bond donors (Lipinski definition) is 1. The van der Waals surface area contributed by atoms with Gasteiger partial charge in [-0.1, -0.05) is 36.1 Å². The minimum absolute atomic E-state index is 0.0161. The third-order valence-corrected chi connectivity index (χ3v) is 2.23. The predicted octanol–water partition coefficient (Wildman–Crippen LogP) is 2.60. The average molecular weight is 227 g/mol. The zero-order valence-corrected chi connectivity index (χ0v) is 10.3. The van der Waals surface area contributed by atoms with E-state index in [9.17, 15) is 4.79 Å². The van der Waals surface area contributed by atoms with Crippen molar-refractivity contribution in [3.8, 4) is 11.8 Å². The first-order chi connectivity index (χ1) is 8.09. The first-order valence-electron chi connectivity index (χ1n) is 5.59. The molecule has 1 aromatic rings. The lowest BCUT2D eigenvalue weighted by Gasteiger charge is -1.98. The summed E-state index contributed by atoms with van der Waals surface area (Å²) in [5, 5.41) is 2.70. The Morgan fingerprint density at radius 1 is 1.29 bits per heavy atom. The van der Waals surface area contributed by atoms with Crippen LogP contribution < -0.4 is 5.32 Å². The van der Waals surface area contributed by atoms with E-state index in [2.05, 4.69) is 23.7 Å². The molecule has 2 nitrogen and oxygen atoms in total. The Morgan fingerprint density at radius 3 is 2.47 bits per heavy atom. The van der Waals surface area contributed by atoms with E-state index >= 15 is 0 Å². The van der Waals surface area contributed by atoms with Gasteiger partial charge < -0.3 is 5.32 Å². The number of allylic oxidation sites excluding steroid dienone is 1. The van der Waals surface area contributed by atoms with Crippen LogP contribution in [0.4, 0.5) is 0 Å². The number of amides is 1. The smallest absolute Gasteiger partial charge is 0.216 e. The lowest BCUT2D eigenvalue weighted by molar-refractivity contribution is -0.118. The summed E-state index contributed by atoms with van der Waals surface area (Å²) < 4.78 is 0. The molecule has 2 heteroatoms. The number of hydrogen-bond acceptors (Lipinski definition) is 1. The lowest BCUT2D eigenvalue weighted by atomic mass is 10.1. The Labute approximate surface area is 103 Å². The molecule has 0 saturated heterocycles. The Morgan fingerprint density at radius 2 is 1.94 bits per heavy atom. The molecule has 0 fully saturated rings. The molecule has 0 radical (unpaired) electrons. The summed E-state index contributed by atoms with van der Waals surface area (Å²) in [6.07, 6.45) is 0.668. The monoisotopic (exact) mass is 227 g/mol. The van der Waals surface area contributed by atoms with Gasteiger partial charge in [-0.3, -0.25) is 4.79 Å². The van der Waals surface area contributed by atoms with Gasteiger partial charge in [-0.15, -0.1) is 0 Å². The summed E-state index contributed by atoms with van der Waals surface area (Å²) in [5.74, 6) is 6.06. The normalized spacial score (nSPS) is 9.06. The van der Waals surface area contributed by atoms with Crippen LogP contribution in [0.3, 0.4) is 0 Å². The molecule has 1 amide bonds. The Balaban J connectivity index is 2.49. The quantitative estimate of drug-likeness (QED) is 0.624. The molecular formula is C15H17NO. The zero-order chi connectivity index (χ0) is 12.7. The highest BCUT2D eigenvalue weighted by Crippen LogP contribution is 2.11. The number of carbonyl (C=O) groups is 1. The van der Waals surface area contributed by atoms with Crippen molar-refractivity contribution in [2.45, 2.75) is 20.3 Å². The number of benzene rings is 1. The van der Waals surface area contributed by atoms with Gasteiger partial charge in [-0.25, -0.2) is 0 Å². The number of carbonyl (C=O) groups excluding carboxylic acids is 1. The van der Waals surface area contributed by atoms with E-state index < -0.39 is 0 Å². The fourth-order valence-electron chi connectivity index (χ4n) is 1.30. The molecule has 0 spiro atoms. The molecule has 0 atom stereocenters. The molecule has 0 aliphatic heterocycles. The van der Waals surface area contributed by atoms with E-state index in [1.165, 1.54) is 6.92 Å². The molecule has 0 unspecified atom stereocenters. The predicted molar refractivity (Wildman–Crippen MR) is 71.3 cm³/mol. The molecule has 0 bridgehead atoms. The third-order valence-electron chi connectivity index (χ3n) is 2.23. The van der Waals surface area contributed by atoms with Crippen LogP contribution in [-0.4, -0.2) is 12.5 Å². The fraction of sp³-hybridized carbons (Fsp3) is 0.267. The van der Waals surface area contributed by atoms with Crippen molar-refractivity contribution in [2.24, 2.45) is 0 Å². The van der Waals surface area contributed by atoms with Crippen LogP contribution in [0.25, 0.3) is 5.57 Å². The standard InChI is InChI=1S/C15H17NO/c1-12(2)15-9-7-14(8-10-15)6-4-5-11-16-13(3)17/h7-10H,1,5,11H2,2-3H3,(H,16,17). The van der Waals surface area contributed by atoms with Gasteiger partial charge in [0.15, 0.2) is 0 Å². The summed E-state index contributed by atoms with van der Waals surface area (Å²) >= 11 is 0. The highest BCUT2D eigenvalue weighted by atomic mass is 16.1. The van der Waals surface area contributed by atoms with E-state index in [0.29, 0.717) is 13.0 Å². The molecule has 0 aromatic heterocycles. The maximum atomic E-state index is 10.6. The summed E-state index contributed by atoms with van der Waals surface area (Å²) in [6.45, 7) is 7.97. The van der Waals surface area contributed by atoms with Crippen LogP contribution in [0, 0.1) is 11.8 Å². The molecule has 88 valence electrons. The van der Waals surface area contributed by atoms with Crippen molar-refractivity contribution in [2.75, 3.05) is 6.54 Å². The average Bonchev–Trinajstić information content (AvgIpc) is 2.29. The fourth-order valence-corrected chi connectivity index (χ4v) is 1.30. The maximum Gasteiger partial charge on any atom is 0.216 e. The van der Waals surface area contributed by atoms with E-state index in [1.807, 2.05) is 31.2 Å². The summed E-state index contributed by atoms with van der Waals surface area (Å²) in [6, 6.07) is 7.99. The van der Waals surface area contributed by atoms with Gasteiger partial charge in [-0.05, 0) is 24.6 Å². The van der Waals surface area contributed by atoms with Crippen molar-refractivity contribution in [3.63, 3.8) is 0 Å². The van der Waals surface area contributed by atoms with E-state index in [4.69, 9.17) is 0 Å². The van der Waals surface area contributed by atoms with Crippen molar-refractivity contribution < 1.29 is 4.79 Å². The molecule has 0 aliphatic rings. The van der Waals surface area contributed by atoms with Crippen molar-refractivity contribution in [1.82, 2.24) is 5.32 Å². The van der Waals surface area contributed by atoms with Crippen LogP contribution in [0.1, 0.15) is 31.4 Å². The number of rotatable bonds is 3. The van der Waals surface area contributed by atoms with Crippen LogP contribution >= 0.6 is 0 Å². The van der Waals surface area contributed by atoms with E-state index in [0.717, 1.165) is 16.7 Å². The van der Waals surface area contributed by atoms with Gasteiger partial charge in [0.25, 0.3) is 0 Å². The zero-order valence-electron chi connectivity index (χ0n) is 10.3. The second kappa shape index (κ2) is 6.55. The minimum atomic E-state index is -0.0161. The Bertz CT molecular complexity index is 460. The molecule has 17 heavy (non-hydrogen) atoms. The second-order valence-electron chi connectivity index (χ2n) is 3.89. The van der Waals surface area contributed by atoms with Crippen LogP contribution in [-0.2, 0) is 4.79 Å². The molecule has 1 rings (SSSR count). The molecule has 0 heterocycles. The summed E-state index contributed by atoms with van der Waals surface area (Å²) in [5.41, 5.74) is 3.17. The lowest BCUT2D eigenvalue weighted by Crippen LogP contribution is -2.20. The van der Waals surface area contributed by atoms with Crippen molar-refractivity contribution in [3.05, 3.63) is 42.0 Å². The van der Waals surface area contributed by atoms with Crippen molar-refractivity contribution in [1.29, 1.82) is 0 Å². The number of nitrogens with one attached hydrogen (secondary N) is 1. The van der Waals surface area contributed by atoms with Crippen LogP contribution in [0.5, 0.6) is 0 Å². The Hall–Kier alpha value is -2.01. The molecule has 1 aromatic carbocycles. The van der Waals surface area contributed by atoms with Crippen LogP contribution in [0.2, 0.25) is 0 Å². The van der Waals surface area contributed by atoms with Gasteiger partial charge in [0.1, 0.15) is 0 Å². The largest absolute Gasteiger partial charge is 0.355 e. The molecule has 0 saturated carbocycles. The van der Waals surface area contributed by atoms with Gasteiger partial charge in [0.05, 0.1) is 0 Å². The first kappa shape index (κ1) is 13.1.